The minimum atomic E-state index is -0.667. The Balaban J connectivity index is 2.62. The molecule has 0 fully saturated rings. The molecule has 0 heterocycles. The summed E-state index contributed by atoms with van der Waals surface area (Å²) >= 11 is 3.52. The Morgan fingerprint density at radius 2 is 1.75 bits per heavy atom. The molecule has 1 N–H and O–H groups in total. The lowest BCUT2D eigenvalue weighted by atomic mass is 10.1. The highest BCUT2D eigenvalue weighted by atomic mass is 79.9. The van der Waals surface area contributed by atoms with E-state index >= 15 is 0 Å². The average molecular weight is 287 g/mol. The van der Waals surface area contributed by atoms with Crippen LogP contribution in [-0.4, -0.2) is 17.3 Å². The van der Waals surface area contributed by atoms with E-state index in [9.17, 15) is 5.11 Å². The van der Waals surface area contributed by atoms with Crippen molar-refractivity contribution in [1.29, 1.82) is 0 Å². The Kier molecular flexibility index (Phi) is 4.39. The van der Waals surface area contributed by atoms with Gasteiger partial charge >= 0.3 is 0 Å². The monoisotopic (exact) mass is 286 g/mol. The maximum Gasteiger partial charge on any atom is 0.119 e. The zero-order chi connectivity index (χ0) is 12.3. The van der Waals surface area contributed by atoms with E-state index in [0.717, 1.165) is 10.2 Å². The normalized spacial score (nSPS) is 11.6. The van der Waals surface area contributed by atoms with Gasteiger partial charge in [-0.2, -0.15) is 0 Å². The molecule has 16 heavy (non-hydrogen) atoms. The van der Waals surface area contributed by atoms with E-state index in [2.05, 4.69) is 15.9 Å². The van der Waals surface area contributed by atoms with E-state index in [1.807, 2.05) is 26.0 Å². The molecule has 0 aliphatic carbocycles. The highest BCUT2D eigenvalue weighted by Gasteiger charge is 2.12. The highest BCUT2D eigenvalue weighted by molar-refractivity contribution is 9.10. The van der Waals surface area contributed by atoms with Crippen molar-refractivity contribution in [1.82, 2.24) is 0 Å². The molecule has 0 aliphatic heterocycles. The van der Waals surface area contributed by atoms with Gasteiger partial charge in [0.15, 0.2) is 0 Å². The number of hydrogen-bond acceptors (Lipinski definition) is 2. The van der Waals surface area contributed by atoms with Crippen LogP contribution < -0.4 is 4.74 Å². The molecule has 0 radical (unpaired) electrons. The van der Waals surface area contributed by atoms with Crippen molar-refractivity contribution in [3.63, 3.8) is 0 Å². The number of rotatable bonds is 4. The highest BCUT2D eigenvalue weighted by Crippen LogP contribution is 2.26. The van der Waals surface area contributed by atoms with Crippen LogP contribution in [0.4, 0.5) is 0 Å². The van der Waals surface area contributed by atoms with E-state index in [1.54, 1.807) is 13.8 Å². The van der Waals surface area contributed by atoms with Gasteiger partial charge in [-0.25, -0.2) is 0 Å². The van der Waals surface area contributed by atoms with Gasteiger partial charge in [0.2, 0.25) is 0 Å². The number of hydrogen-bond donors (Lipinski definition) is 1. The van der Waals surface area contributed by atoms with Crippen LogP contribution in [0.5, 0.6) is 5.75 Å². The number of ether oxygens (including phenoxy) is 1. The van der Waals surface area contributed by atoms with E-state index < -0.39 is 5.60 Å². The van der Waals surface area contributed by atoms with Crippen LogP contribution in [0, 0.1) is 13.8 Å². The maximum atomic E-state index is 9.56. The lowest BCUT2D eigenvalue weighted by Crippen LogP contribution is -2.21. The summed E-state index contributed by atoms with van der Waals surface area (Å²) in [6.07, 6.45) is 0.626. The Morgan fingerprint density at radius 1 is 1.25 bits per heavy atom. The van der Waals surface area contributed by atoms with Gasteiger partial charge in [0.1, 0.15) is 5.75 Å². The number of benzene rings is 1. The molecule has 1 aromatic rings. The molecule has 0 atom stereocenters. The fourth-order valence-corrected chi connectivity index (χ4v) is 1.64. The maximum absolute atomic E-state index is 9.56. The second kappa shape index (κ2) is 5.19. The SMILES string of the molecule is Cc1cc(OCCC(C)(C)O)cc(C)c1Br. The summed E-state index contributed by atoms with van der Waals surface area (Å²) < 4.78 is 6.75. The molecule has 1 rings (SSSR count). The lowest BCUT2D eigenvalue weighted by Gasteiger charge is -2.17. The third-order valence-electron chi connectivity index (χ3n) is 2.39. The summed E-state index contributed by atoms with van der Waals surface area (Å²) in [4.78, 5) is 0. The summed E-state index contributed by atoms with van der Waals surface area (Å²) in [6.45, 7) is 8.19. The Morgan fingerprint density at radius 3 is 2.19 bits per heavy atom. The third kappa shape index (κ3) is 4.14. The summed E-state index contributed by atoms with van der Waals surface area (Å²) in [5.74, 6) is 0.863. The predicted octanol–water partition coefficient (Wildman–Crippen LogP) is 3.61. The lowest BCUT2D eigenvalue weighted by molar-refractivity contribution is 0.0553. The van der Waals surface area contributed by atoms with Crippen molar-refractivity contribution in [2.24, 2.45) is 0 Å². The first-order valence-electron chi connectivity index (χ1n) is 5.41. The first-order chi connectivity index (χ1) is 7.29. The quantitative estimate of drug-likeness (QED) is 0.916. The van der Waals surface area contributed by atoms with Crippen LogP contribution in [-0.2, 0) is 0 Å². The van der Waals surface area contributed by atoms with E-state index in [4.69, 9.17) is 4.74 Å². The molecule has 0 saturated carbocycles. The van der Waals surface area contributed by atoms with Crippen molar-refractivity contribution in [2.45, 2.75) is 39.7 Å². The van der Waals surface area contributed by atoms with Gasteiger partial charge in [-0.3, -0.25) is 0 Å². The van der Waals surface area contributed by atoms with Gasteiger partial charge in [-0.1, -0.05) is 15.9 Å². The Hall–Kier alpha value is -0.540. The van der Waals surface area contributed by atoms with Crippen LogP contribution in [0.15, 0.2) is 16.6 Å². The standard InChI is InChI=1S/C13H19BrO2/c1-9-7-11(8-10(2)12(9)14)16-6-5-13(3,4)15/h7-8,15H,5-6H2,1-4H3. The number of halogens is 1. The molecule has 2 nitrogen and oxygen atoms in total. The number of aryl methyl sites for hydroxylation is 2. The van der Waals surface area contributed by atoms with Crippen LogP contribution in [0.25, 0.3) is 0 Å². The largest absolute Gasteiger partial charge is 0.493 e. The first-order valence-corrected chi connectivity index (χ1v) is 6.21. The molecule has 1 aromatic carbocycles. The second-order valence-corrected chi connectivity index (χ2v) is 5.57. The van der Waals surface area contributed by atoms with Crippen LogP contribution in [0.2, 0.25) is 0 Å². The first kappa shape index (κ1) is 13.5. The Bertz CT molecular complexity index is 344. The molecule has 90 valence electrons. The van der Waals surface area contributed by atoms with Crippen molar-refractivity contribution in [2.75, 3.05) is 6.61 Å². The molecule has 0 amide bonds. The van der Waals surface area contributed by atoms with Crippen molar-refractivity contribution >= 4 is 15.9 Å². The summed E-state index contributed by atoms with van der Waals surface area (Å²) in [7, 11) is 0. The smallest absolute Gasteiger partial charge is 0.119 e. The molecular weight excluding hydrogens is 268 g/mol. The van der Waals surface area contributed by atoms with E-state index in [-0.39, 0.29) is 0 Å². The fraction of sp³-hybridized carbons (Fsp3) is 0.538. The molecule has 0 aromatic heterocycles. The molecule has 0 unspecified atom stereocenters. The molecule has 0 bridgehead atoms. The van der Waals surface area contributed by atoms with Gasteiger partial charge in [-0.15, -0.1) is 0 Å². The van der Waals surface area contributed by atoms with Crippen molar-refractivity contribution < 1.29 is 9.84 Å². The van der Waals surface area contributed by atoms with Crippen LogP contribution >= 0.6 is 15.9 Å². The predicted molar refractivity (Wildman–Crippen MR) is 70.0 cm³/mol. The molecular formula is C13H19BrO2. The third-order valence-corrected chi connectivity index (χ3v) is 3.64. The van der Waals surface area contributed by atoms with Crippen molar-refractivity contribution in [3.8, 4) is 5.75 Å². The van der Waals surface area contributed by atoms with Gasteiger partial charge in [0, 0.05) is 10.9 Å². The van der Waals surface area contributed by atoms with Gasteiger partial charge < -0.3 is 9.84 Å². The molecule has 3 heteroatoms. The van der Waals surface area contributed by atoms with E-state index in [1.165, 1.54) is 11.1 Å². The van der Waals surface area contributed by atoms with Gasteiger partial charge in [0.25, 0.3) is 0 Å². The zero-order valence-corrected chi connectivity index (χ0v) is 11.9. The molecule has 0 spiro atoms. The van der Waals surface area contributed by atoms with Crippen molar-refractivity contribution in [3.05, 3.63) is 27.7 Å². The van der Waals surface area contributed by atoms with Crippen LogP contribution in [0.1, 0.15) is 31.4 Å². The summed E-state index contributed by atoms with van der Waals surface area (Å²) in [5.41, 5.74) is 1.66. The van der Waals surface area contributed by atoms with E-state index in [0.29, 0.717) is 13.0 Å². The zero-order valence-electron chi connectivity index (χ0n) is 10.3. The molecule has 0 saturated heterocycles. The van der Waals surface area contributed by atoms with Gasteiger partial charge in [0.05, 0.1) is 12.2 Å². The Labute approximate surface area is 106 Å². The fourth-order valence-electron chi connectivity index (χ4n) is 1.41. The summed E-state index contributed by atoms with van der Waals surface area (Å²) in [6, 6.07) is 4.00. The second-order valence-electron chi connectivity index (χ2n) is 4.78. The topological polar surface area (TPSA) is 29.5 Å². The van der Waals surface area contributed by atoms with Gasteiger partial charge in [-0.05, 0) is 51.0 Å². The number of aliphatic hydroxyl groups is 1. The average Bonchev–Trinajstić information content (AvgIpc) is 2.12. The van der Waals surface area contributed by atoms with Crippen LogP contribution in [0.3, 0.4) is 0 Å². The molecule has 0 aliphatic rings. The minimum Gasteiger partial charge on any atom is -0.493 e. The minimum absolute atomic E-state index is 0.532. The summed E-state index contributed by atoms with van der Waals surface area (Å²) in [5, 5.41) is 9.56.